The van der Waals surface area contributed by atoms with Crippen molar-refractivity contribution in [2.75, 3.05) is 31.6 Å². The zero-order chi connectivity index (χ0) is 13.7. The van der Waals surface area contributed by atoms with E-state index < -0.39 is 12.2 Å². The van der Waals surface area contributed by atoms with Gasteiger partial charge >= 0.3 is 0 Å². The van der Waals surface area contributed by atoms with Crippen LogP contribution in [0.3, 0.4) is 0 Å². The van der Waals surface area contributed by atoms with E-state index in [-0.39, 0.29) is 0 Å². The molecule has 0 aliphatic carbocycles. The van der Waals surface area contributed by atoms with Gasteiger partial charge in [0.1, 0.15) is 6.10 Å². The van der Waals surface area contributed by atoms with E-state index in [4.69, 9.17) is 0 Å². The van der Waals surface area contributed by atoms with Crippen LogP contribution in [0.5, 0.6) is 0 Å². The molecule has 0 aromatic heterocycles. The maximum absolute atomic E-state index is 10.0. The summed E-state index contributed by atoms with van der Waals surface area (Å²) < 4.78 is 0. The predicted molar refractivity (Wildman–Crippen MR) is 77.4 cm³/mol. The average Bonchev–Trinajstić information content (AvgIpc) is 2.48. The topological polar surface area (TPSA) is 55.7 Å². The Morgan fingerprint density at radius 2 is 1.74 bits per heavy atom. The molecule has 19 heavy (non-hydrogen) atoms. The Balaban J connectivity index is 2.01. The molecule has 1 aliphatic heterocycles. The Kier molecular flexibility index (Phi) is 5.19. The second-order valence-corrected chi connectivity index (χ2v) is 5.21. The number of hydrogen-bond acceptors (Lipinski definition) is 4. The van der Waals surface area contributed by atoms with Gasteiger partial charge in [-0.3, -0.25) is 0 Å². The molecule has 0 radical (unpaired) electrons. The third-order valence-corrected chi connectivity index (χ3v) is 3.73. The third-order valence-electron chi connectivity index (χ3n) is 3.73. The number of hydrogen-bond donors (Lipinski definition) is 3. The monoisotopic (exact) mass is 264 g/mol. The molecule has 4 heteroatoms. The van der Waals surface area contributed by atoms with Gasteiger partial charge in [-0.15, -0.1) is 0 Å². The quantitative estimate of drug-likeness (QED) is 0.750. The molecule has 1 aromatic carbocycles. The summed E-state index contributed by atoms with van der Waals surface area (Å²) >= 11 is 0. The molecule has 0 spiro atoms. The SMILES string of the molecule is CNCC(O)C(O)c1ccc(N2CCCCC2)cc1. The van der Waals surface area contributed by atoms with Crippen LogP contribution >= 0.6 is 0 Å². The minimum atomic E-state index is -0.831. The van der Waals surface area contributed by atoms with E-state index in [9.17, 15) is 10.2 Å². The third kappa shape index (κ3) is 3.69. The summed E-state index contributed by atoms with van der Waals surface area (Å²) in [5.74, 6) is 0. The number of anilines is 1. The van der Waals surface area contributed by atoms with Crippen LogP contribution in [-0.4, -0.2) is 43.0 Å². The molecule has 106 valence electrons. The van der Waals surface area contributed by atoms with Crippen molar-refractivity contribution in [3.8, 4) is 0 Å². The number of likely N-dealkylation sites (N-methyl/N-ethyl adjacent to an activating group) is 1. The lowest BCUT2D eigenvalue weighted by molar-refractivity contribution is 0.0202. The maximum atomic E-state index is 10.0. The summed E-state index contributed by atoms with van der Waals surface area (Å²) in [7, 11) is 1.76. The van der Waals surface area contributed by atoms with Crippen LogP contribution in [0, 0.1) is 0 Å². The highest BCUT2D eigenvalue weighted by Crippen LogP contribution is 2.23. The van der Waals surface area contributed by atoms with Crippen LogP contribution in [0.1, 0.15) is 30.9 Å². The lowest BCUT2D eigenvalue weighted by Gasteiger charge is -2.29. The molecule has 4 nitrogen and oxygen atoms in total. The largest absolute Gasteiger partial charge is 0.389 e. The van der Waals surface area contributed by atoms with E-state index in [1.165, 1.54) is 24.9 Å². The maximum Gasteiger partial charge on any atom is 0.106 e. The van der Waals surface area contributed by atoms with Gasteiger partial charge in [-0.05, 0) is 44.0 Å². The minimum absolute atomic E-state index is 0.384. The first-order valence-electron chi connectivity index (χ1n) is 7.08. The highest BCUT2D eigenvalue weighted by molar-refractivity contribution is 5.48. The zero-order valence-corrected chi connectivity index (χ0v) is 11.5. The molecule has 1 aliphatic rings. The first-order valence-corrected chi connectivity index (χ1v) is 7.08. The number of aliphatic hydroxyl groups excluding tert-OH is 2. The molecule has 0 saturated carbocycles. The molecule has 0 amide bonds. The van der Waals surface area contributed by atoms with Crippen LogP contribution in [0.2, 0.25) is 0 Å². The number of rotatable bonds is 5. The molecular formula is C15H24N2O2. The van der Waals surface area contributed by atoms with E-state index in [0.29, 0.717) is 6.54 Å². The van der Waals surface area contributed by atoms with Crippen LogP contribution in [-0.2, 0) is 0 Å². The summed E-state index contributed by atoms with van der Waals surface area (Å²) in [5, 5.41) is 22.6. The number of benzene rings is 1. The second-order valence-electron chi connectivity index (χ2n) is 5.21. The van der Waals surface area contributed by atoms with Gasteiger partial charge in [-0.2, -0.15) is 0 Å². The van der Waals surface area contributed by atoms with Crippen LogP contribution in [0.4, 0.5) is 5.69 Å². The summed E-state index contributed by atoms with van der Waals surface area (Å²) in [5.41, 5.74) is 1.97. The highest BCUT2D eigenvalue weighted by Gasteiger charge is 2.18. The first-order chi connectivity index (χ1) is 9.22. The molecule has 1 aromatic rings. The Morgan fingerprint density at radius 1 is 1.11 bits per heavy atom. The Morgan fingerprint density at radius 3 is 2.32 bits per heavy atom. The fourth-order valence-electron chi connectivity index (χ4n) is 2.58. The molecule has 2 atom stereocenters. The fourth-order valence-corrected chi connectivity index (χ4v) is 2.58. The van der Waals surface area contributed by atoms with Crippen molar-refractivity contribution in [2.45, 2.75) is 31.5 Å². The van der Waals surface area contributed by atoms with E-state index in [1.807, 2.05) is 24.3 Å². The molecular weight excluding hydrogens is 240 g/mol. The van der Waals surface area contributed by atoms with Gasteiger partial charge < -0.3 is 20.4 Å². The molecule has 1 saturated heterocycles. The van der Waals surface area contributed by atoms with E-state index in [1.54, 1.807) is 7.05 Å². The lowest BCUT2D eigenvalue weighted by Crippen LogP contribution is -2.30. The van der Waals surface area contributed by atoms with Crippen molar-refractivity contribution in [3.63, 3.8) is 0 Å². The van der Waals surface area contributed by atoms with E-state index in [2.05, 4.69) is 10.2 Å². The van der Waals surface area contributed by atoms with Crippen molar-refractivity contribution in [3.05, 3.63) is 29.8 Å². The zero-order valence-electron chi connectivity index (χ0n) is 11.5. The van der Waals surface area contributed by atoms with Gasteiger partial charge in [-0.25, -0.2) is 0 Å². The van der Waals surface area contributed by atoms with Gasteiger partial charge in [-0.1, -0.05) is 12.1 Å². The van der Waals surface area contributed by atoms with Crippen molar-refractivity contribution in [1.29, 1.82) is 0 Å². The Bertz CT molecular complexity index is 374. The van der Waals surface area contributed by atoms with Crippen molar-refractivity contribution in [2.24, 2.45) is 0 Å². The number of nitrogens with one attached hydrogen (secondary N) is 1. The van der Waals surface area contributed by atoms with E-state index in [0.717, 1.165) is 18.7 Å². The van der Waals surface area contributed by atoms with Gasteiger partial charge in [0, 0.05) is 25.3 Å². The Labute approximate surface area is 115 Å². The number of aliphatic hydroxyl groups is 2. The summed E-state index contributed by atoms with van der Waals surface area (Å²) in [4.78, 5) is 2.38. The fraction of sp³-hybridized carbons (Fsp3) is 0.600. The van der Waals surface area contributed by atoms with Gasteiger partial charge in [0.25, 0.3) is 0 Å². The molecule has 3 N–H and O–H groups in total. The molecule has 1 fully saturated rings. The Hall–Kier alpha value is -1.10. The second kappa shape index (κ2) is 6.89. The lowest BCUT2D eigenvalue weighted by atomic mass is 10.0. The summed E-state index contributed by atoms with van der Waals surface area (Å²) in [6.07, 6.45) is 2.23. The first kappa shape index (κ1) is 14.3. The molecule has 2 rings (SSSR count). The van der Waals surface area contributed by atoms with Crippen LogP contribution in [0.25, 0.3) is 0 Å². The highest BCUT2D eigenvalue weighted by atomic mass is 16.3. The van der Waals surface area contributed by atoms with Crippen molar-refractivity contribution in [1.82, 2.24) is 5.32 Å². The van der Waals surface area contributed by atoms with Crippen molar-refractivity contribution < 1.29 is 10.2 Å². The number of piperidine rings is 1. The van der Waals surface area contributed by atoms with Gasteiger partial charge in [0.15, 0.2) is 0 Å². The van der Waals surface area contributed by atoms with Crippen molar-refractivity contribution >= 4 is 5.69 Å². The molecule has 2 unspecified atom stereocenters. The average molecular weight is 264 g/mol. The summed E-state index contributed by atoms with van der Waals surface area (Å²) in [6.45, 7) is 2.61. The smallest absolute Gasteiger partial charge is 0.106 e. The van der Waals surface area contributed by atoms with Crippen LogP contribution in [0.15, 0.2) is 24.3 Å². The predicted octanol–water partition coefficient (Wildman–Crippen LogP) is 1.29. The minimum Gasteiger partial charge on any atom is -0.389 e. The standard InChI is InChI=1S/C15H24N2O2/c1-16-11-14(18)15(19)12-5-7-13(8-6-12)17-9-3-2-4-10-17/h5-8,14-16,18-19H,2-4,9-11H2,1H3. The molecule has 0 bridgehead atoms. The summed E-state index contributed by atoms with van der Waals surface area (Å²) in [6, 6.07) is 7.90. The van der Waals surface area contributed by atoms with Crippen LogP contribution < -0.4 is 10.2 Å². The number of nitrogens with zero attached hydrogens (tertiary/aromatic N) is 1. The molecule has 1 heterocycles. The van der Waals surface area contributed by atoms with Gasteiger partial charge in [0.2, 0.25) is 0 Å². The normalized spacial score (nSPS) is 19.2. The van der Waals surface area contributed by atoms with E-state index >= 15 is 0 Å². The van der Waals surface area contributed by atoms with Gasteiger partial charge in [0.05, 0.1) is 6.10 Å².